The number of ketones is 1. The lowest BCUT2D eigenvalue weighted by atomic mass is 10.2. The molecule has 1 heterocycles. The van der Waals surface area contributed by atoms with Crippen LogP contribution in [0.3, 0.4) is 0 Å². The number of rotatable bonds is 2. The molecular weight excluding hydrogens is 369 g/mol. The molecule has 0 fully saturated rings. The molecule has 6 nitrogen and oxygen atoms in total. The van der Waals surface area contributed by atoms with Crippen LogP contribution in [0.15, 0.2) is 29.2 Å². The first-order chi connectivity index (χ1) is 10.8. The van der Waals surface area contributed by atoms with Crippen molar-refractivity contribution in [1.29, 1.82) is 0 Å². The Bertz CT molecular complexity index is 828. The second-order valence-corrected chi connectivity index (χ2v) is 7.02. The number of halogens is 3. The Labute approximate surface area is 139 Å². The molecule has 0 saturated heterocycles. The highest BCUT2D eigenvalue weighted by Crippen LogP contribution is 2.35. The molecule has 2 aromatic rings. The summed E-state index contributed by atoms with van der Waals surface area (Å²) in [4.78, 5) is 13.3. The molecule has 24 heavy (non-hydrogen) atoms. The van der Waals surface area contributed by atoms with E-state index in [0.29, 0.717) is 11.3 Å². The van der Waals surface area contributed by atoms with Gasteiger partial charge in [0.05, 0.1) is 4.90 Å². The van der Waals surface area contributed by atoms with E-state index >= 15 is 0 Å². The van der Waals surface area contributed by atoms with E-state index in [1.807, 2.05) is 6.92 Å². The fourth-order valence-corrected chi connectivity index (χ4v) is 2.71. The number of aryl methyl sites for hydroxylation is 1. The van der Waals surface area contributed by atoms with Crippen LogP contribution in [-0.2, 0) is 16.3 Å². The van der Waals surface area contributed by atoms with Crippen molar-refractivity contribution in [2.75, 3.05) is 5.73 Å². The van der Waals surface area contributed by atoms with Gasteiger partial charge in [-0.25, -0.2) is 4.98 Å². The lowest BCUT2D eigenvalue weighted by molar-refractivity contribution is -0.140. The maximum atomic E-state index is 12.2. The fourth-order valence-electron chi connectivity index (χ4n) is 1.48. The molecule has 0 aliphatic rings. The van der Waals surface area contributed by atoms with Gasteiger partial charge in [-0.2, -0.15) is 21.6 Å². The van der Waals surface area contributed by atoms with Gasteiger partial charge in [-0.05, 0) is 19.1 Å². The molecular formula is C13H13F3N2O4S2. The third kappa shape index (κ3) is 5.58. The van der Waals surface area contributed by atoms with Crippen molar-refractivity contribution in [3.8, 4) is 0 Å². The molecule has 0 aliphatic carbocycles. The third-order valence-electron chi connectivity index (χ3n) is 2.55. The van der Waals surface area contributed by atoms with Crippen molar-refractivity contribution in [3.63, 3.8) is 0 Å². The van der Waals surface area contributed by atoms with Gasteiger partial charge < -0.3 is 5.73 Å². The van der Waals surface area contributed by atoms with Gasteiger partial charge in [0.2, 0.25) is 0 Å². The summed E-state index contributed by atoms with van der Waals surface area (Å²) < 4.78 is 66.0. The van der Waals surface area contributed by atoms with Gasteiger partial charge >= 0.3 is 6.18 Å². The van der Waals surface area contributed by atoms with E-state index in [4.69, 9.17) is 10.3 Å². The summed E-state index contributed by atoms with van der Waals surface area (Å²) >= 11 is 0.546. The van der Waals surface area contributed by atoms with E-state index in [9.17, 15) is 26.4 Å². The number of carbonyl (C=O) groups is 1. The van der Waals surface area contributed by atoms with Crippen molar-refractivity contribution in [1.82, 2.24) is 4.98 Å². The number of aromatic nitrogens is 1. The van der Waals surface area contributed by atoms with Crippen molar-refractivity contribution in [2.45, 2.75) is 24.9 Å². The summed E-state index contributed by atoms with van der Waals surface area (Å²) in [6.07, 6.45) is -4.62. The molecule has 3 N–H and O–H groups in total. The minimum Gasteiger partial charge on any atom is -0.375 e. The predicted octanol–water partition coefficient (Wildman–Crippen LogP) is 3.19. The lowest BCUT2D eigenvalue weighted by Gasteiger charge is -2.02. The summed E-state index contributed by atoms with van der Waals surface area (Å²) in [6, 6.07) is 5.99. The van der Waals surface area contributed by atoms with Crippen molar-refractivity contribution >= 4 is 32.4 Å². The zero-order chi connectivity index (χ0) is 18.7. The summed E-state index contributed by atoms with van der Waals surface area (Å²) in [5.74, 6) is -0.679. The quantitative estimate of drug-likeness (QED) is 0.610. The molecule has 1 aromatic heterocycles. The van der Waals surface area contributed by atoms with Gasteiger partial charge in [-0.15, -0.1) is 0 Å². The van der Waals surface area contributed by atoms with E-state index < -0.39 is 32.6 Å². The number of carbonyl (C=O) groups excluding carboxylic acids is 1. The van der Waals surface area contributed by atoms with E-state index in [2.05, 4.69) is 4.98 Å². The van der Waals surface area contributed by atoms with Crippen molar-refractivity contribution in [3.05, 3.63) is 40.4 Å². The monoisotopic (exact) mass is 382 g/mol. The number of hydrogen-bond donors (Lipinski definition) is 2. The zero-order valence-corrected chi connectivity index (χ0v) is 14.1. The van der Waals surface area contributed by atoms with Crippen LogP contribution in [0.1, 0.15) is 27.9 Å². The molecule has 0 amide bonds. The molecule has 0 aliphatic heterocycles. The second kappa shape index (κ2) is 7.28. The van der Waals surface area contributed by atoms with E-state index in [1.165, 1.54) is 12.1 Å². The SMILES string of the molecule is CC(=O)c1sc(N)nc1C(F)(F)F.Cc1ccc(S(=O)(=O)O)cc1. The number of anilines is 1. The molecule has 0 spiro atoms. The Balaban J connectivity index is 0.000000243. The number of Topliss-reactive ketones (excluding diaryl/α,β-unsaturated/α-hetero) is 1. The van der Waals surface area contributed by atoms with Gasteiger partial charge in [0.25, 0.3) is 10.1 Å². The maximum Gasteiger partial charge on any atom is 0.435 e. The normalized spacial score (nSPS) is 11.6. The number of alkyl halides is 3. The topological polar surface area (TPSA) is 110 Å². The van der Waals surface area contributed by atoms with Gasteiger partial charge in [0, 0.05) is 6.92 Å². The van der Waals surface area contributed by atoms with E-state index in [0.717, 1.165) is 12.5 Å². The van der Waals surface area contributed by atoms with Crippen LogP contribution in [0, 0.1) is 6.92 Å². The highest BCUT2D eigenvalue weighted by atomic mass is 32.2. The van der Waals surface area contributed by atoms with Crippen molar-refractivity contribution in [2.24, 2.45) is 0 Å². The third-order valence-corrected chi connectivity index (χ3v) is 4.40. The van der Waals surface area contributed by atoms with Gasteiger partial charge in [0.15, 0.2) is 16.6 Å². The highest BCUT2D eigenvalue weighted by molar-refractivity contribution is 7.85. The molecule has 2 rings (SSSR count). The van der Waals surface area contributed by atoms with E-state index in [1.54, 1.807) is 12.1 Å². The summed E-state index contributed by atoms with van der Waals surface area (Å²) in [6.45, 7) is 2.88. The van der Waals surface area contributed by atoms with Gasteiger partial charge in [0.1, 0.15) is 4.88 Å². The largest absolute Gasteiger partial charge is 0.435 e. The van der Waals surface area contributed by atoms with Crippen LogP contribution in [0.4, 0.5) is 18.3 Å². The number of hydrogen-bond acceptors (Lipinski definition) is 6. The minimum atomic E-state index is -4.62. The molecule has 1 aromatic carbocycles. The molecule has 0 bridgehead atoms. The van der Waals surface area contributed by atoms with Crippen LogP contribution in [-0.4, -0.2) is 23.7 Å². The first-order valence-electron chi connectivity index (χ1n) is 6.21. The fraction of sp³-hybridized carbons (Fsp3) is 0.231. The van der Waals surface area contributed by atoms with Crippen LogP contribution in [0.25, 0.3) is 0 Å². The van der Waals surface area contributed by atoms with Crippen LogP contribution < -0.4 is 5.73 Å². The Kier molecular flexibility index (Phi) is 6.09. The maximum absolute atomic E-state index is 12.2. The Hall–Kier alpha value is -1.98. The summed E-state index contributed by atoms with van der Waals surface area (Å²) in [7, 11) is -4.02. The highest BCUT2D eigenvalue weighted by Gasteiger charge is 2.38. The Morgan fingerprint density at radius 2 is 1.75 bits per heavy atom. The molecule has 0 atom stereocenters. The molecule has 0 radical (unpaired) electrons. The van der Waals surface area contributed by atoms with Crippen LogP contribution >= 0.6 is 11.3 Å². The molecule has 132 valence electrons. The van der Waals surface area contributed by atoms with Crippen LogP contribution in [0.5, 0.6) is 0 Å². The molecule has 0 saturated carbocycles. The average Bonchev–Trinajstić information content (AvgIpc) is 2.81. The minimum absolute atomic E-state index is 0.0666. The Morgan fingerprint density at radius 3 is 2.08 bits per heavy atom. The number of nitrogens with zero attached hydrogens (tertiary/aromatic N) is 1. The first-order valence-corrected chi connectivity index (χ1v) is 8.46. The zero-order valence-electron chi connectivity index (χ0n) is 12.5. The smallest absolute Gasteiger partial charge is 0.375 e. The van der Waals surface area contributed by atoms with Gasteiger partial charge in [-0.1, -0.05) is 29.0 Å². The lowest BCUT2D eigenvalue weighted by Crippen LogP contribution is -2.10. The first kappa shape index (κ1) is 20.1. The summed E-state index contributed by atoms with van der Waals surface area (Å²) in [5.41, 5.74) is 4.83. The molecule has 11 heteroatoms. The second-order valence-electron chi connectivity index (χ2n) is 4.57. The Morgan fingerprint density at radius 1 is 1.25 bits per heavy atom. The number of nitrogens with two attached hydrogens (primary N) is 1. The van der Waals surface area contributed by atoms with Crippen molar-refractivity contribution < 1.29 is 30.9 Å². The van der Waals surface area contributed by atoms with Gasteiger partial charge in [-0.3, -0.25) is 9.35 Å². The number of nitrogen functional groups attached to an aromatic ring is 1. The number of benzene rings is 1. The number of thiazole rings is 1. The molecule has 0 unspecified atom stereocenters. The predicted molar refractivity (Wildman–Crippen MR) is 82.5 cm³/mol. The van der Waals surface area contributed by atoms with E-state index in [-0.39, 0.29) is 10.0 Å². The standard InChI is InChI=1S/C7H8O3S.C6H5F3N2OS/c1-6-2-4-7(5-3-6)11(8,9)10;1-2(12)3-4(6(7,8)9)11-5(10)13-3/h2-5H,1H3,(H,8,9,10);1H3,(H2,10,11). The average molecular weight is 382 g/mol. The summed E-state index contributed by atoms with van der Waals surface area (Å²) in [5, 5.41) is -0.252. The van der Waals surface area contributed by atoms with Crippen LogP contribution in [0.2, 0.25) is 0 Å².